The molecular weight excluding hydrogens is 420 g/mol. The second kappa shape index (κ2) is 10.4. The number of fused-ring (bicyclic) bond motifs is 1. The summed E-state index contributed by atoms with van der Waals surface area (Å²) in [5.74, 6) is 1.44. The van der Waals surface area contributed by atoms with Gasteiger partial charge in [-0.15, -0.1) is 0 Å². The molecule has 32 heavy (non-hydrogen) atoms. The number of benzene rings is 2. The summed E-state index contributed by atoms with van der Waals surface area (Å²) in [7, 11) is 1.65. The number of para-hydroxylation sites is 1. The second-order valence-electron chi connectivity index (χ2n) is 7.62. The van der Waals surface area contributed by atoms with Crippen LogP contribution in [-0.2, 0) is 11.2 Å². The monoisotopic (exact) mass is 448 g/mol. The number of ether oxygens (including phenoxy) is 2. The molecule has 0 saturated heterocycles. The summed E-state index contributed by atoms with van der Waals surface area (Å²) in [5, 5.41) is 8.44. The van der Waals surface area contributed by atoms with Crippen molar-refractivity contribution in [1.82, 2.24) is 10.3 Å². The number of methoxy groups -OCH3 is 1. The average Bonchev–Trinajstić information content (AvgIpc) is 3.49. The predicted molar refractivity (Wildman–Crippen MR) is 130 cm³/mol. The summed E-state index contributed by atoms with van der Waals surface area (Å²) < 4.78 is 11.3. The third-order valence-corrected chi connectivity index (χ3v) is 6.34. The molecule has 5 nitrogen and oxygen atoms in total. The van der Waals surface area contributed by atoms with E-state index in [1.165, 1.54) is 5.56 Å². The van der Waals surface area contributed by atoms with Crippen LogP contribution in [-0.4, -0.2) is 31.2 Å². The van der Waals surface area contributed by atoms with Crippen molar-refractivity contribution < 1.29 is 14.3 Å². The minimum Gasteiger partial charge on any atom is -0.493 e. The molecule has 2 aromatic carbocycles. The molecule has 0 aliphatic rings. The molecule has 1 unspecified atom stereocenters. The van der Waals surface area contributed by atoms with E-state index in [0.717, 1.165) is 34.2 Å². The van der Waals surface area contributed by atoms with Gasteiger partial charge in [0.1, 0.15) is 0 Å². The molecule has 4 rings (SSSR count). The lowest BCUT2D eigenvalue weighted by Crippen LogP contribution is -2.29. The number of thiophene rings is 1. The van der Waals surface area contributed by atoms with E-state index in [1.807, 2.05) is 42.8 Å². The molecule has 0 bridgehead atoms. The van der Waals surface area contributed by atoms with Gasteiger partial charge in [0.25, 0.3) is 0 Å². The molecule has 2 aromatic heterocycles. The Hall–Kier alpha value is -3.25. The van der Waals surface area contributed by atoms with Gasteiger partial charge in [-0.05, 0) is 65.1 Å². The minimum absolute atomic E-state index is 0.0270. The molecule has 0 saturated carbocycles. The number of aryl methyl sites for hydroxylation is 1. The highest BCUT2D eigenvalue weighted by Crippen LogP contribution is 2.35. The van der Waals surface area contributed by atoms with Crippen LogP contribution in [0.5, 0.6) is 11.5 Å². The predicted octanol–water partition coefficient (Wildman–Crippen LogP) is 5.52. The Morgan fingerprint density at radius 1 is 1.16 bits per heavy atom. The van der Waals surface area contributed by atoms with Crippen molar-refractivity contribution in [2.75, 3.05) is 20.3 Å². The summed E-state index contributed by atoms with van der Waals surface area (Å²) in [6.45, 7) is 3.02. The van der Waals surface area contributed by atoms with E-state index in [4.69, 9.17) is 9.47 Å². The van der Waals surface area contributed by atoms with Crippen LogP contribution < -0.4 is 14.8 Å². The van der Waals surface area contributed by atoms with Crippen molar-refractivity contribution in [3.63, 3.8) is 0 Å². The number of carbonyl (C=O) groups is 1. The molecule has 0 aliphatic heterocycles. The van der Waals surface area contributed by atoms with Crippen LogP contribution in [0.4, 0.5) is 0 Å². The van der Waals surface area contributed by atoms with Gasteiger partial charge in [0, 0.05) is 36.0 Å². The third-order valence-electron chi connectivity index (χ3n) is 5.61. The number of H-pyrrole nitrogens is 1. The molecule has 0 spiro atoms. The van der Waals surface area contributed by atoms with E-state index in [-0.39, 0.29) is 11.8 Å². The number of hydrogen-bond donors (Lipinski definition) is 2. The summed E-state index contributed by atoms with van der Waals surface area (Å²) >= 11 is 1.66. The standard InChI is InChI=1S/C26H28N2O3S/c1-3-31-24-10-9-19(14-25(24)30-2)21(22-16-27-23-7-5-4-6-20(22)23)15-28-26(29)11-8-18-12-13-32-17-18/h4-7,9-10,12-14,16-17,21,27H,3,8,11,15H2,1-2H3,(H,28,29). The van der Waals surface area contributed by atoms with Gasteiger partial charge < -0.3 is 19.8 Å². The quantitative estimate of drug-likeness (QED) is 0.336. The summed E-state index contributed by atoms with van der Waals surface area (Å²) in [6.07, 6.45) is 3.27. The van der Waals surface area contributed by atoms with Crippen molar-refractivity contribution in [2.24, 2.45) is 0 Å². The van der Waals surface area contributed by atoms with Crippen molar-refractivity contribution >= 4 is 28.1 Å². The fraction of sp³-hybridized carbons (Fsp3) is 0.269. The lowest BCUT2D eigenvalue weighted by Gasteiger charge is -2.20. The molecular formula is C26H28N2O3S. The van der Waals surface area contributed by atoms with Crippen molar-refractivity contribution in [3.05, 3.63) is 82.2 Å². The first kappa shape index (κ1) is 22.0. The Bertz CT molecular complexity index is 1170. The van der Waals surface area contributed by atoms with Crippen LogP contribution in [0, 0.1) is 0 Å². The second-order valence-corrected chi connectivity index (χ2v) is 8.40. The van der Waals surface area contributed by atoms with Gasteiger partial charge in [-0.25, -0.2) is 0 Å². The Morgan fingerprint density at radius 2 is 2.03 bits per heavy atom. The highest BCUT2D eigenvalue weighted by atomic mass is 32.1. The van der Waals surface area contributed by atoms with Crippen LogP contribution in [0.25, 0.3) is 10.9 Å². The molecule has 4 aromatic rings. The molecule has 1 atom stereocenters. The Labute approximate surface area is 192 Å². The maximum Gasteiger partial charge on any atom is 0.220 e. The molecule has 0 aliphatic carbocycles. The lowest BCUT2D eigenvalue weighted by molar-refractivity contribution is -0.121. The number of hydrogen-bond acceptors (Lipinski definition) is 4. The Morgan fingerprint density at radius 3 is 2.81 bits per heavy atom. The minimum atomic E-state index is -0.0270. The van der Waals surface area contributed by atoms with Crippen LogP contribution in [0.1, 0.15) is 36.0 Å². The maximum absolute atomic E-state index is 12.6. The summed E-state index contributed by atoms with van der Waals surface area (Å²) in [5.41, 5.74) is 4.49. The fourth-order valence-corrected chi connectivity index (χ4v) is 4.67. The van der Waals surface area contributed by atoms with Gasteiger partial charge in [0.15, 0.2) is 11.5 Å². The highest BCUT2D eigenvalue weighted by Gasteiger charge is 2.21. The van der Waals surface area contributed by atoms with E-state index in [1.54, 1.807) is 18.4 Å². The number of amides is 1. The van der Waals surface area contributed by atoms with E-state index >= 15 is 0 Å². The lowest BCUT2D eigenvalue weighted by atomic mass is 9.90. The molecule has 2 N–H and O–H groups in total. The summed E-state index contributed by atoms with van der Waals surface area (Å²) in [6, 6.07) is 16.3. The number of aromatic amines is 1. The normalized spacial score (nSPS) is 11.9. The van der Waals surface area contributed by atoms with Gasteiger partial charge in [-0.3, -0.25) is 4.79 Å². The van der Waals surface area contributed by atoms with E-state index in [2.05, 4.69) is 39.9 Å². The highest BCUT2D eigenvalue weighted by molar-refractivity contribution is 7.07. The zero-order valence-electron chi connectivity index (χ0n) is 18.4. The van der Waals surface area contributed by atoms with Crippen LogP contribution >= 0.6 is 11.3 Å². The number of nitrogens with one attached hydrogen (secondary N) is 2. The molecule has 166 valence electrons. The Kier molecular flexibility index (Phi) is 7.12. The zero-order chi connectivity index (χ0) is 22.3. The van der Waals surface area contributed by atoms with Crippen molar-refractivity contribution in [3.8, 4) is 11.5 Å². The molecule has 0 radical (unpaired) electrons. The van der Waals surface area contributed by atoms with E-state index in [9.17, 15) is 4.79 Å². The molecule has 2 heterocycles. The molecule has 6 heteroatoms. The summed E-state index contributed by atoms with van der Waals surface area (Å²) in [4.78, 5) is 16.0. The first-order valence-electron chi connectivity index (χ1n) is 10.8. The van der Waals surface area contributed by atoms with Crippen LogP contribution in [0.15, 0.2) is 65.5 Å². The van der Waals surface area contributed by atoms with Crippen LogP contribution in [0.2, 0.25) is 0 Å². The molecule has 1 amide bonds. The Balaban J connectivity index is 1.59. The zero-order valence-corrected chi connectivity index (χ0v) is 19.2. The average molecular weight is 449 g/mol. The van der Waals surface area contributed by atoms with Gasteiger partial charge >= 0.3 is 0 Å². The van der Waals surface area contributed by atoms with E-state index < -0.39 is 0 Å². The van der Waals surface area contributed by atoms with Crippen molar-refractivity contribution in [2.45, 2.75) is 25.7 Å². The fourth-order valence-electron chi connectivity index (χ4n) is 3.96. The first-order valence-corrected chi connectivity index (χ1v) is 11.8. The van der Waals surface area contributed by atoms with Gasteiger partial charge in [-0.2, -0.15) is 11.3 Å². The third kappa shape index (κ3) is 4.97. The maximum atomic E-state index is 12.6. The SMILES string of the molecule is CCOc1ccc(C(CNC(=O)CCc2ccsc2)c2c[nH]c3ccccc23)cc1OC. The van der Waals surface area contributed by atoms with E-state index in [0.29, 0.717) is 25.3 Å². The van der Waals surface area contributed by atoms with Gasteiger partial charge in [0.2, 0.25) is 5.91 Å². The van der Waals surface area contributed by atoms with Crippen molar-refractivity contribution in [1.29, 1.82) is 0 Å². The smallest absolute Gasteiger partial charge is 0.220 e. The molecule has 0 fully saturated rings. The number of rotatable bonds is 10. The van der Waals surface area contributed by atoms with Gasteiger partial charge in [-0.1, -0.05) is 24.3 Å². The van der Waals surface area contributed by atoms with Gasteiger partial charge in [0.05, 0.1) is 13.7 Å². The van der Waals surface area contributed by atoms with Crippen LogP contribution in [0.3, 0.4) is 0 Å². The first-order chi connectivity index (χ1) is 15.7. The number of carbonyl (C=O) groups excluding carboxylic acids is 1. The topological polar surface area (TPSA) is 63.3 Å². The largest absolute Gasteiger partial charge is 0.493 e. The number of aromatic nitrogens is 1.